The van der Waals surface area contributed by atoms with Gasteiger partial charge in [0.05, 0.1) is 12.6 Å². The Morgan fingerprint density at radius 1 is 1.27 bits per heavy atom. The lowest BCUT2D eigenvalue weighted by molar-refractivity contribution is -0.123. The summed E-state index contributed by atoms with van der Waals surface area (Å²) in [5.41, 5.74) is 1.21. The molecule has 6 heteroatoms. The molecule has 2 N–H and O–H groups in total. The van der Waals surface area contributed by atoms with Crippen LogP contribution in [0.15, 0.2) is 30.3 Å². The molecule has 1 aromatic carbocycles. The lowest BCUT2D eigenvalue weighted by Crippen LogP contribution is -2.49. The van der Waals surface area contributed by atoms with Crippen molar-refractivity contribution in [2.45, 2.75) is 43.1 Å². The summed E-state index contributed by atoms with van der Waals surface area (Å²) in [7, 11) is 0. The normalized spacial score (nSPS) is 24.9. The highest BCUT2D eigenvalue weighted by Gasteiger charge is 2.43. The Labute approximate surface area is 135 Å². The minimum atomic E-state index is -2.77. The van der Waals surface area contributed by atoms with E-state index >= 15 is 0 Å². The number of nitrogens with one attached hydrogen (secondary N) is 2. The second kappa shape index (κ2) is 6.50. The van der Waals surface area contributed by atoms with Crippen molar-refractivity contribution in [3.63, 3.8) is 0 Å². The average molecular weight is 331 g/mol. The molecule has 2 fully saturated rings. The quantitative estimate of drug-likeness (QED) is 0.891. The van der Waals surface area contributed by atoms with E-state index in [0.29, 0.717) is 6.54 Å². The van der Waals surface area contributed by atoms with Gasteiger partial charge in [0.2, 0.25) is 5.91 Å². The summed E-state index contributed by atoms with van der Waals surface area (Å²) in [6.07, 6.45) is 2.80. The maximum absolute atomic E-state index is 13.1. The molecule has 1 atom stereocenters. The van der Waals surface area contributed by atoms with Crippen molar-refractivity contribution in [1.82, 2.24) is 10.6 Å². The molecule has 122 valence electrons. The predicted octanol–water partition coefficient (Wildman–Crippen LogP) is 2.64. The van der Waals surface area contributed by atoms with E-state index in [0.717, 1.165) is 19.3 Å². The maximum Gasteiger partial charge on any atom is 0.262 e. The number of carbonyl (C=O) groups is 1. The van der Waals surface area contributed by atoms with Crippen molar-refractivity contribution >= 4 is 18.3 Å². The van der Waals surface area contributed by atoms with Gasteiger partial charge in [-0.15, -0.1) is 12.4 Å². The second-order valence-corrected chi connectivity index (χ2v) is 6.21. The molecule has 0 bridgehead atoms. The first-order valence-electron chi connectivity index (χ1n) is 7.45. The fourth-order valence-corrected chi connectivity index (χ4v) is 3.24. The number of hydrogen-bond acceptors (Lipinski definition) is 2. The third kappa shape index (κ3) is 3.41. The SMILES string of the molecule is Cl.O=C(NCC1(c2ccccc2)CCC1)C1CC(F)(F)CN1. The van der Waals surface area contributed by atoms with Gasteiger partial charge >= 0.3 is 0 Å². The van der Waals surface area contributed by atoms with Gasteiger partial charge in [-0.1, -0.05) is 36.8 Å². The van der Waals surface area contributed by atoms with Gasteiger partial charge in [0.1, 0.15) is 0 Å². The standard InChI is InChI=1S/C16H20F2N2O.ClH/c17-16(18)9-13(19-11-16)14(21)20-10-15(7-4-8-15)12-5-2-1-3-6-12;/h1-3,5-6,13,19H,4,7-11H2,(H,20,21);1H. The van der Waals surface area contributed by atoms with Crippen LogP contribution in [0.2, 0.25) is 0 Å². The van der Waals surface area contributed by atoms with Crippen molar-refractivity contribution in [3.8, 4) is 0 Å². The first-order valence-corrected chi connectivity index (χ1v) is 7.45. The Hall–Kier alpha value is -1.20. The molecule has 1 heterocycles. The summed E-state index contributed by atoms with van der Waals surface area (Å²) in [4.78, 5) is 12.0. The fraction of sp³-hybridized carbons (Fsp3) is 0.562. The third-order valence-corrected chi connectivity index (χ3v) is 4.72. The highest BCUT2D eigenvalue weighted by atomic mass is 35.5. The lowest BCUT2D eigenvalue weighted by atomic mass is 9.64. The molecule has 1 unspecified atom stereocenters. The van der Waals surface area contributed by atoms with Crippen LogP contribution in [-0.2, 0) is 10.2 Å². The molecule has 2 aliphatic rings. The molecular formula is C16H21ClF2N2O. The second-order valence-electron chi connectivity index (χ2n) is 6.21. The van der Waals surface area contributed by atoms with Crippen LogP contribution in [0.5, 0.6) is 0 Å². The van der Waals surface area contributed by atoms with Gasteiger partial charge in [-0.2, -0.15) is 0 Å². The van der Waals surface area contributed by atoms with E-state index in [1.807, 2.05) is 18.2 Å². The van der Waals surface area contributed by atoms with Gasteiger partial charge in [0.25, 0.3) is 5.92 Å². The number of amides is 1. The number of hydrogen-bond donors (Lipinski definition) is 2. The van der Waals surface area contributed by atoms with E-state index in [4.69, 9.17) is 0 Å². The van der Waals surface area contributed by atoms with E-state index in [1.54, 1.807) is 0 Å². The monoisotopic (exact) mass is 330 g/mol. The number of rotatable bonds is 4. The average Bonchev–Trinajstić information content (AvgIpc) is 2.79. The van der Waals surface area contributed by atoms with Crippen molar-refractivity contribution in [1.29, 1.82) is 0 Å². The zero-order chi connectivity index (χ0) is 14.9. The van der Waals surface area contributed by atoms with Crippen LogP contribution < -0.4 is 10.6 Å². The Kier molecular flexibility index (Phi) is 5.07. The molecule has 3 rings (SSSR count). The number of alkyl halides is 2. The van der Waals surface area contributed by atoms with Crippen LogP contribution in [0, 0.1) is 0 Å². The third-order valence-electron chi connectivity index (χ3n) is 4.72. The smallest absolute Gasteiger partial charge is 0.262 e. The first kappa shape index (κ1) is 17.2. The minimum Gasteiger partial charge on any atom is -0.354 e. The van der Waals surface area contributed by atoms with E-state index in [1.165, 1.54) is 5.56 Å². The lowest BCUT2D eigenvalue weighted by Gasteiger charge is -2.42. The Morgan fingerprint density at radius 2 is 1.95 bits per heavy atom. The van der Waals surface area contributed by atoms with E-state index in [2.05, 4.69) is 22.8 Å². The minimum absolute atomic E-state index is 0. The summed E-state index contributed by atoms with van der Waals surface area (Å²) in [5, 5.41) is 5.47. The molecular weight excluding hydrogens is 310 g/mol. The first-order chi connectivity index (χ1) is 10.0. The molecule has 1 aliphatic heterocycles. The highest BCUT2D eigenvalue weighted by Crippen LogP contribution is 2.43. The summed E-state index contributed by atoms with van der Waals surface area (Å²) in [5.74, 6) is -3.08. The summed E-state index contributed by atoms with van der Waals surface area (Å²) in [6, 6.07) is 9.35. The maximum atomic E-state index is 13.1. The molecule has 1 amide bonds. The van der Waals surface area contributed by atoms with Crippen LogP contribution in [0.1, 0.15) is 31.2 Å². The molecule has 0 spiro atoms. The Morgan fingerprint density at radius 3 is 2.45 bits per heavy atom. The number of carbonyl (C=O) groups excluding carboxylic acids is 1. The molecule has 0 radical (unpaired) electrons. The van der Waals surface area contributed by atoms with Crippen molar-refractivity contribution in [2.24, 2.45) is 0 Å². The zero-order valence-electron chi connectivity index (χ0n) is 12.3. The van der Waals surface area contributed by atoms with Crippen LogP contribution in [0.4, 0.5) is 8.78 Å². The molecule has 1 saturated heterocycles. The Balaban J connectivity index is 0.00000176. The molecule has 22 heavy (non-hydrogen) atoms. The predicted molar refractivity (Wildman–Crippen MR) is 83.6 cm³/mol. The Bertz CT molecular complexity index is 520. The van der Waals surface area contributed by atoms with Crippen LogP contribution in [-0.4, -0.2) is 31.0 Å². The highest BCUT2D eigenvalue weighted by molar-refractivity contribution is 5.85. The van der Waals surface area contributed by atoms with Gasteiger partial charge in [-0.05, 0) is 18.4 Å². The molecule has 1 aliphatic carbocycles. The van der Waals surface area contributed by atoms with E-state index in [-0.39, 0.29) is 23.7 Å². The molecule has 0 aromatic heterocycles. The van der Waals surface area contributed by atoms with Gasteiger partial charge in [0.15, 0.2) is 0 Å². The van der Waals surface area contributed by atoms with Gasteiger partial charge in [0, 0.05) is 18.4 Å². The largest absolute Gasteiger partial charge is 0.354 e. The van der Waals surface area contributed by atoms with E-state index in [9.17, 15) is 13.6 Å². The van der Waals surface area contributed by atoms with Gasteiger partial charge < -0.3 is 5.32 Å². The van der Waals surface area contributed by atoms with Crippen LogP contribution >= 0.6 is 12.4 Å². The van der Waals surface area contributed by atoms with Crippen LogP contribution in [0.25, 0.3) is 0 Å². The molecule has 3 nitrogen and oxygen atoms in total. The van der Waals surface area contributed by atoms with Crippen molar-refractivity contribution < 1.29 is 13.6 Å². The summed E-state index contributed by atoms with van der Waals surface area (Å²) >= 11 is 0. The molecule has 1 aromatic rings. The topological polar surface area (TPSA) is 41.1 Å². The van der Waals surface area contributed by atoms with E-state index < -0.39 is 24.9 Å². The van der Waals surface area contributed by atoms with Crippen LogP contribution in [0.3, 0.4) is 0 Å². The summed E-state index contributed by atoms with van der Waals surface area (Å²) in [6.45, 7) is 0.120. The van der Waals surface area contributed by atoms with Crippen molar-refractivity contribution in [3.05, 3.63) is 35.9 Å². The summed E-state index contributed by atoms with van der Waals surface area (Å²) < 4.78 is 26.3. The zero-order valence-corrected chi connectivity index (χ0v) is 13.1. The molecule has 1 saturated carbocycles. The number of halogens is 3. The fourth-order valence-electron chi connectivity index (χ4n) is 3.24. The van der Waals surface area contributed by atoms with Gasteiger partial charge in [-0.25, -0.2) is 8.78 Å². The number of benzene rings is 1. The van der Waals surface area contributed by atoms with Crippen molar-refractivity contribution in [2.75, 3.05) is 13.1 Å². The van der Waals surface area contributed by atoms with Gasteiger partial charge in [-0.3, -0.25) is 10.1 Å².